The van der Waals surface area contributed by atoms with Gasteiger partial charge in [-0.25, -0.2) is 9.97 Å². The van der Waals surface area contributed by atoms with E-state index >= 15 is 0 Å². The predicted molar refractivity (Wildman–Crippen MR) is 88.4 cm³/mol. The fourth-order valence-electron chi connectivity index (χ4n) is 3.77. The highest BCUT2D eigenvalue weighted by Crippen LogP contribution is 2.26. The van der Waals surface area contributed by atoms with Crippen molar-refractivity contribution in [3.05, 3.63) is 17.5 Å². The van der Waals surface area contributed by atoms with Crippen molar-refractivity contribution in [2.24, 2.45) is 0 Å². The Morgan fingerprint density at radius 3 is 2.50 bits per heavy atom. The molecule has 1 aliphatic carbocycles. The third-order valence-electron chi connectivity index (χ3n) is 5.62. The summed E-state index contributed by atoms with van der Waals surface area (Å²) in [6.45, 7) is 6.74. The lowest BCUT2D eigenvalue weighted by atomic mass is 9.91. The van der Waals surface area contributed by atoms with Gasteiger partial charge in [0.05, 0.1) is 5.69 Å². The minimum atomic E-state index is 0.866. The van der Waals surface area contributed by atoms with Crippen molar-refractivity contribution < 1.29 is 0 Å². The summed E-state index contributed by atoms with van der Waals surface area (Å²) in [6.07, 6.45) is 8.46. The minimum Gasteiger partial charge on any atom is -0.338 e. The van der Waals surface area contributed by atoms with Crippen molar-refractivity contribution in [2.45, 2.75) is 38.1 Å². The fourth-order valence-corrected chi connectivity index (χ4v) is 3.77. The van der Waals surface area contributed by atoms with Gasteiger partial charge >= 0.3 is 0 Å². The van der Waals surface area contributed by atoms with Gasteiger partial charge in [0.2, 0.25) is 5.95 Å². The average Bonchev–Trinajstić information content (AvgIpc) is 2.68. The van der Waals surface area contributed by atoms with Crippen LogP contribution >= 0.6 is 0 Å². The van der Waals surface area contributed by atoms with E-state index in [9.17, 15) is 0 Å². The summed E-state index contributed by atoms with van der Waals surface area (Å²) in [6, 6.07) is 0.866. The third kappa shape index (κ3) is 2.84. The zero-order valence-electron chi connectivity index (χ0n) is 13.7. The molecule has 0 bridgehead atoms. The van der Waals surface area contributed by atoms with E-state index in [-0.39, 0.29) is 0 Å². The van der Waals surface area contributed by atoms with E-state index in [1.165, 1.54) is 43.6 Å². The molecule has 0 unspecified atom stereocenters. The van der Waals surface area contributed by atoms with Gasteiger partial charge < -0.3 is 9.80 Å². The second-order valence-electron chi connectivity index (χ2n) is 7.05. The molecular formula is C17H27N5. The smallest absolute Gasteiger partial charge is 0.225 e. The Balaban J connectivity index is 1.43. The quantitative estimate of drug-likeness (QED) is 0.820. The topological polar surface area (TPSA) is 35.5 Å². The molecule has 0 aromatic carbocycles. The Labute approximate surface area is 133 Å². The van der Waals surface area contributed by atoms with Crippen LogP contribution in [0.25, 0.3) is 0 Å². The Hall–Kier alpha value is -1.20. The number of piperazine rings is 1. The van der Waals surface area contributed by atoms with Crippen LogP contribution in [-0.2, 0) is 12.8 Å². The normalized spacial score (nSPS) is 24.7. The standard InChI is InChI=1S/C17H27N5/c1-20-7-5-14-13-18-17(19-16(14)6-8-20)22-11-9-21(10-12-22)15-3-2-4-15/h13,15H,2-12H2,1H3. The van der Waals surface area contributed by atoms with Crippen LogP contribution in [0.1, 0.15) is 30.5 Å². The Morgan fingerprint density at radius 1 is 1.00 bits per heavy atom. The second-order valence-corrected chi connectivity index (χ2v) is 7.05. The van der Waals surface area contributed by atoms with Crippen molar-refractivity contribution in [2.75, 3.05) is 51.2 Å². The van der Waals surface area contributed by atoms with Crippen LogP contribution in [0.5, 0.6) is 0 Å². The molecule has 1 aromatic heterocycles. The maximum absolute atomic E-state index is 4.91. The number of fused-ring (bicyclic) bond motifs is 1. The molecule has 120 valence electrons. The Kier molecular flexibility index (Phi) is 4.01. The van der Waals surface area contributed by atoms with Crippen LogP contribution in [-0.4, -0.2) is 72.1 Å². The van der Waals surface area contributed by atoms with Crippen LogP contribution in [0.4, 0.5) is 5.95 Å². The molecule has 3 heterocycles. The third-order valence-corrected chi connectivity index (χ3v) is 5.62. The highest BCUT2D eigenvalue weighted by atomic mass is 15.3. The average molecular weight is 301 g/mol. The lowest BCUT2D eigenvalue weighted by molar-refractivity contribution is 0.120. The summed E-state index contributed by atoms with van der Waals surface area (Å²) in [5.74, 6) is 0.955. The molecule has 1 aromatic rings. The van der Waals surface area contributed by atoms with E-state index in [1.54, 1.807) is 0 Å². The minimum absolute atomic E-state index is 0.866. The molecule has 22 heavy (non-hydrogen) atoms. The van der Waals surface area contributed by atoms with Crippen LogP contribution in [0.2, 0.25) is 0 Å². The van der Waals surface area contributed by atoms with Crippen LogP contribution in [0, 0.1) is 0 Å². The summed E-state index contributed by atoms with van der Waals surface area (Å²) < 4.78 is 0. The van der Waals surface area contributed by atoms with Crippen molar-refractivity contribution in [3.63, 3.8) is 0 Å². The van der Waals surface area contributed by atoms with Gasteiger partial charge in [-0.3, -0.25) is 4.90 Å². The van der Waals surface area contributed by atoms with E-state index in [0.717, 1.165) is 51.0 Å². The van der Waals surface area contributed by atoms with Gasteiger partial charge in [0.25, 0.3) is 0 Å². The molecule has 5 heteroatoms. The summed E-state index contributed by atoms with van der Waals surface area (Å²) in [7, 11) is 2.19. The summed E-state index contributed by atoms with van der Waals surface area (Å²) in [4.78, 5) is 17.0. The van der Waals surface area contributed by atoms with Crippen molar-refractivity contribution in [3.8, 4) is 0 Å². The molecular weight excluding hydrogens is 274 g/mol. The van der Waals surface area contributed by atoms with Gasteiger partial charge in [0, 0.05) is 57.9 Å². The van der Waals surface area contributed by atoms with E-state index in [2.05, 4.69) is 32.9 Å². The molecule has 0 atom stereocenters. The molecule has 3 aliphatic rings. The predicted octanol–water partition coefficient (Wildman–Crippen LogP) is 1.18. The second kappa shape index (κ2) is 6.13. The first-order valence-corrected chi connectivity index (χ1v) is 8.82. The molecule has 5 nitrogen and oxygen atoms in total. The molecule has 0 amide bonds. The number of rotatable bonds is 2. The fraction of sp³-hybridized carbons (Fsp3) is 0.765. The van der Waals surface area contributed by atoms with Crippen molar-refractivity contribution in [1.82, 2.24) is 19.8 Å². The first kappa shape index (κ1) is 14.4. The summed E-state index contributed by atoms with van der Waals surface area (Å²) in [5.41, 5.74) is 2.62. The van der Waals surface area contributed by atoms with Gasteiger partial charge in [-0.1, -0.05) is 6.42 Å². The van der Waals surface area contributed by atoms with Gasteiger partial charge in [0.1, 0.15) is 0 Å². The highest BCUT2D eigenvalue weighted by Gasteiger charge is 2.28. The van der Waals surface area contributed by atoms with Crippen LogP contribution in [0.15, 0.2) is 6.20 Å². The maximum atomic E-state index is 4.91. The van der Waals surface area contributed by atoms with E-state index < -0.39 is 0 Å². The SMILES string of the molecule is CN1CCc2cnc(N3CCN(C4CCC4)CC3)nc2CC1. The van der Waals surface area contributed by atoms with Gasteiger partial charge in [0.15, 0.2) is 0 Å². The Morgan fingerprint density at radius 2 is 1.77 bits per heavy atom. The number of nitrogens with zero attached hydrogens (tertiary/aromatic N) is 5. The number of anilines is 1. The first-order chi connectivity index (χ1) is 10.8. The molecule has 4 rings (SSSR count). The lowest BCUT2D eigenvalue weighted by Crippen LogP contribution is -2.52. The van der Waals surface area contributed by atoms with E-state index in [0.29, 0.717) is 0 Å². The number of hydrogen-bond donors (Lipinski definition) is 0. The number of hydrogen-bond acceptors (Lipinski definition) is 5. The van der Waals surface area contributed by atoms with Gasteiger partial charge in [-0.15, -0.1) is 0 Å². The molecule has 1 saturated heterocycles. The van der Waals surface area contributed by atoms with Gasteiger partial charge in [-0.05, 0) is 31.9 Å². The van der Waals surface area contributed by atoms with Crippen molar-refractivity contribution in [1.29, 1.82) is 0 Å². The number of likely N-dealkylation sites (N-methyl/N-ethyl adjacent to an activating group) is 1. The molecule has 0 radical (unpaired) electrons. The van der Waals surface area contributed by atoms with Gasteiger partial charge in [-0.2, -0.15) is 0 Å². The largest absolute Gasteiger partial charge is 0.338 e. The number of aromatic nitrogens is 2. The zero-order chi connectivity index (χ0) is 14.9. The van der Waals surface area contributed by atoms with Crippen LogP contribution < -0.4 is 4.90 Å². The molecule has 2 aliphatic heterocycles. The maximum Gasteiger partial charge on any atom is 0.225 e. The monoisotopic (exact) mass is 301 g/mol. The summed E-state index contributed by atoms with van der Waals surface area (Å²) in [5, 5.41) is 0. The Bertz CT molecular complexity index is 520. The molecule has 2 fully saturated rings. The van der Waals surface area contributed by atoms with Crippen molar-refractivity contribution >= 4 is 5.95 Å². The molecule has 0 spiro atoms. The summed E-state index contributed by atoms with van der Waals surface area (Å²) >= 11 is 0. The van der Waals surface area contributed by atoms with E-state index in [4.69, 9.17) is 4.98 Å². The first-order valence-electron chi connectivity index (χ1n) is 8.82. The lowest BCUT2D eigenvalue weighted by Gasteiger charge is -2.43. The highest BCUT2D eigenvalue weighted by molar-refractivity contribution is 5.34. The zero-order valence-corrected chi connectivity index (χ0v) is 13.7. The molecule has 0 N–H and O–H groups in total. The molecule has 1 saturated carbocycles. The van der Waals surface area contributed by atoms with E-state index in [1.807, 2.05) is 0 Å². The van der Waals surface area contributed by atoms with Crippen LogP contribution in [0.3, 0.4) is 0 Å².